The average Bonchev–Trinajstić information content (AvgIpc) is 2.76. The van der Waals surface area contributed by atoms with Gasteiger partial charge in [-0.05, 0) is 31.0 Å². The van der Waals surface area contributed by atoms with Crippen molar-refractivity contribution >= 4 is 23.2 Å². The van der Waals surface area contributed by atoms with Gasteiger partial charge in [-0.3, -0.25) is 14.5 Å². The minimum absolute atomic E-state index is 0.0453. The fourth-order valence-electron chi connectivity index (χ4n) is 3.94. The number of hydrogen-bond acceptors (Lipinski definition) is 4. The molecule has 2 aliphatic heterocycles. The number of amides is 2. The van der Waals surface area contributed by atoms with Crippen molar-refractivity contribution < 1.29 is 9.59 Å². The lowest BCUT2D eigenvalue weighted by Crippen LogP contribution is -2.51. The minimum atomic E-state index is -0.0660. The molecule has 2 aromatic carbocycles. The lowest BCUT2D eigenvalue weighted by Gasteiger charge is -2.35. The van der Waals surface area contributed by atoms with Crippen LogP contribution in [0.2, 0.25) is 0 Å². The lowest BCUT2D eigenvalue weighted by molar-refractivity contribution is -0.126. The Labute approximate surface area is 177 Å². The number of para-hydroxylation sites is 1. The molecule has 2 amide bonds. The molecule has 1 saturated heterocycles. The zero-order valence-corrected chi connectivity index (χ0v) is 17.7. The van der Waals surface area contributed by atoms with E-state index in [1.165, 1.54) is 16.1 Å². The summed E-state index contributed by atoms with van der Waals surface area (Å²) in [6.07, 6.45) is 0.718. The van der Waals surface area contributed by atoms with Crippen LogP contribution in [0.4, 0.5) is 5.69 Å². The predicted octanol–water partition coefficient (Wildman–Crippen LogP) is 3.13. The predicted molar refractivity (Wildman–Crippen MR) is 118 cm³/mol. The standard InChI is InChI=1S/C24H28N4O2/c1-18-7-9-20(10-8-18)17-26-13-15-27(16-14-26)24(30)21-11-12-23(29)28(25-21)22-6-4-3-5-19(22)2/h3-10H,11-17H2,1-2H3. The van der Waals surface area contributed by atoms with Crippen LogP contribution in [-0.4, -0.2) is 53.5 Å². The van der Waals surface area contributed by atoms with E-state index in [1.807, 2.05) is 36.1 Å². The van der Waals surface area contributed by atoms with E-state index in [2.05, 4.69) is 41.2 Å². The molecule has 30 heavy (non-hydrogen) atoms. The maximum Gasteiger partial charge on any atom is 0.270 e. The summed E-state index contributed by atoms with van der Waals surface area (Å²) >= 11 is 0. The Kier molecular flexibility index (Phi) is 5.95. The fraction of sp³-hybridized carbons (Fsp3) is 0.375. The average molecular weight is 405 g/mol. The second-order valence-electron chi connectivity index (χ2n) is 8.09. The quantitative estimate of drug-likeness (QED) is 0.787. The second kappa shape index (κ2) is 8.79. The van der Waals surface area contributed by atoms with Gasteiger partial charge in [-0.1, -0.05) is 48.0 Å². The molecule has 0 aromatic heterocycles. The van der Waals surface area contributed by atoms with Crippen molar-refractivity contribution in [2.75, 3.05) is 31.2 Å². The summed E-state index contributed by atoms with van der Waals surface area (Å²) < 4.78 is 0. The number of hydrogen-bond donors (Lipinski definition) is 0. The monoisotopic (exact) mass is 404 g/mol. The fourth-order valence-corrected chi connectivity index (χ4v) is 3.94. The van der Waals surface area contributed by atoms with Gasteiger partial charge in [0.2, 0.25) is 5.91 Å². The topological polar surface area (TPSA) is 56.2 Å². The van der Waals surface area contributed by atoms with Crippen LogP contribution in [0.5, 0.6) is 0 Å². The molecule has 0 aliphatic carbocycles. The van der Waals surface area contributed by atoms with Crippen LogP contribution in [0.3, 0.4) is 0 Å². The van der Waals surface area contributed by atoms with Crippen LogP contribution >= 0.6 is 0 Å². The molecule has 0 atom stereocenters. The summed E-state index contributed by atoms with van der Waals surface area (Å²) in [6, 6.07) is 16.2. The number of rotatable bonds is 4. The molecule has 0 unspecified atom stereocenters. The van der Waals surface area contributed by atoms with Crippen LogP contribution in [0.25, 0.3) is 0 Å². The largest absolute Gasteiger partial charge is 0.335 e. The molecule has 2 aliphatic rings. The van der Waals surface area contributed by atoms with Crippen molar-refractivity contribution in [2.45, 2.75) is 33.2 Å². The van der Waals surface area contributed by atoms with Crippen LogP contribution in [0, 0.1) is 13.8 Å². The Morgan fingerprint density at radius 1 is 0.933 bits per heavy atom. The molecular formula is C24H28N4O2. The van der Waals surface area contributed by atoms with E-state index in [0.29, 0.717) is 31.6 Å². The zero-order valence-electron chi connectivity index (χ0n) is 17.7. The molecule has 0 radical (unpaired) electrons. The van der Waals surface area contributed by atoms with Gasteiger partial charge in [0.15, 0.2) is 0 Å². The first kappa shape index (κ1) is 20.3. The molecule has 0 saturated carbocycles. The van der Waals surface area contributed by atoms with Gasteiger partial charge in [-0.15, -0.1) is 0 Å². The van der Waals surface area contributed by atoms with E-state index in [-0.39, 0.29) is 11.8 Å². The van der Waals surface area contributed by atoms with E-state index >= 15 is 0 Å². The maximum atomic E-state index is 13.1. The smallest absolute Gasteiger partial charge is 0.270 e. The number of nitrogens with zero attached hydrogens (tertiary/aromatic N) is 4. The van der Waals surface area contributed by atoms with Gasteiger partial charge in [0.1, 0.15) is 5.71 Å². The third-order valence-corrected chi connectivity index (χ3v) is 5.81. The number of benzene rings is 2. The van der Waals surface area contributed by atoms with E-state index in [1.54, 1.807) is 0 Å². The van der Waals surface area contributed by atoms with Gasteiger partial charge < -0.3 is 4.90 Å². The molecule has 156 valence electrons. The van der Waals surface area contributed by atoms with Gasteiger partial charge in [-0.2, -0.15) is 5.10 Å². The first-order valence-electron chi connectivity index (χ1n) is 10.5. The highest BCUT2D eigenvalue weighted by molar-refractivity contribution is 6.40. The molecule has 2 aromatic rings. The maximum absolute atomic E-state index is 13.1. The molecule has 6 nitrogen and oxygen atoms in total. The number of carbonyl (C=O) groups is 2. The molecule has 6 heteroatoms. The number of aryl methyl sites for hydroxylation is 2. The lowest BCUT2D eigenvalue weighted by atomic mass is 10.1. The van der Waals surface area contributed by atoms with Crippen LogP contribution in [-0.2, 0) is 16.1 Å². The highest BCUT2D eigenvalue weighted by Gasteiger charge is 2.30. The van der Waals surface area contributed by atoms with Gasteiger partial charge >= 0.3 is 0 Å². The normalized spacial score (nSPS) is 17.8. The SMILES string of the molecule is Cc1ccc(CN2CCN(C(=O)C3=NN(c4ccccc4C)C(=O)CC3)CC2)cc1. The van der Waals surface area contributed by atoms with Crippen LogP contribution in [0.15, 0.2) is 53.6 Å². The third-order valence-electron chi connectivity index (χ3n) is 5.81. The van der Waals surface area contributed by atoms with Crippen molar-refractivity contribution in [1.29, 1.82) is 0 Å². The molecular weight excluding hydrogens is 376 g/mol. The summed E-state index contributed by atoms with van der Waals surface area (Å²) in [5.74, 6) is -0.111. The van der Waals surface area contributed by atoms with Gasteiger partial charge in [-0.25, -0.2) is 5.01 Å². The summed E-state index contributed by atoms with van der Waals surface area (Å²) in [6.45, 7) is 7.99. The first-order valence-corrected chi connectivity index (χ1v) is 10.5. The summed E-state index contributed by atoms with van der Waals surface area (Å²) in [7, 11) is 0. The summed E-state index contributed by atoms with van der Waals surface area (Å²) in [5, 5.41) is 5.86. The number of anilines is 1. The number of hydrazone groups is 1. The Balaban J connectivity index is 1.40. The van der Waals surface area contributed by atoms with E-state index < -0.39 is 0 Å². The molecule has 4 rings (SSSR count). The molecule has 1 fully saturated rings. The highest BCUT2D eigenvalue weighted by atomic mass is 16.2. The second-order valence-corrected chi connectivity index (χ2v) is 8.09. The van der Waals surface area contributed by atoms with Crippen molar-refractivity contribution in [2.24, 2.45) is 5.10 Å². The van der Waals surface area contributed by atoms with Crippen LogP contribution < -0.4 is 5.01 Å². The van der Waals surface area contributed by atoms with Crippen LogP contribution in [0.1, 0.15) is 29.5 Å². The van der Waals surface area contributed by atoms with E-state index in [4.69, 9.17) is 0 Å². The Bertz CT molecular complexity index is 959. The minimum Gasteiger partial charge on any atom is -0.335 e. The van der Waals surface area contributed by atoms with Gasteiger partial charge in [0.25, 0.3) is 5.91 Å². The highest BCUT2D eigenvalue weighted by Crippen LogP contribution is 2.24. The Morgan fingerprint density at radius 2 is 1.63 bits per heavy atom. The van der Waals surface area contributed by atoms with E-state index in [0.717, 1.165) is 30.9 Å². The molecule has 0 spiro atoms. The summed E-state index contributed by atoms with van der Waals surface area (Å²) in [5.41, 5.74) is 4.75. The van der Waals surface area contributed by atoms with Crippen molar-refractivity contribution in [3.05, 3.63) is 65.2 Å². The number of carbonyl (C=O) groups excluding carboxylic acids is 2. The van der Waals surface area contributed by atoms with Gasteiger partial charge in [0, 0.05) is 45.6 Å². The molecule has 2 heterocycles. The molecule has 0 bridgehead atoms. The van der Waals surface area contributed by atoms with Gasteiger partial charge in [0.05, 0.1) is 5.69 Å². The Hall–Kier alpha value is -2.99. The first-order chi connectivity index (χ1) is 14.5. The van der Waals surface area contributed by atoms with E-state index in [9.17, 15) is 9.59 Å². The molecule has 0 N–H and O–H groups in total. The Morgan fingerprint density at radius 3 is 2.33 bits per heavy atom. The van der Waals surface area contributed by atoms with Crippen molar-refractivity contribution in [3.63, 3.8) is 0 Å². The number of piperazine rings is 1. The third kappa shape index (κ3) is 4.44. The zero-order chi connectivity index (χ0) is 21.1. The summed E-state index contributed by atoms with van der Waals surface area (Å²) in [4.78, 5) is 29.7. The van der Waals surface area contributed by atoms with Crippen molar-refractivity contribution in [3.8, 4) is 0 Å². The van der Waals surface area contributed by atoms with Crippen molar-refractivity contribution in [1.82, 2.24) is 9.80 Å².